The van der Waals surface area contributed by atoms with Crippen LogP contribution in [0.5, 0.6) is 0 Å². The molecule has 0 aromatic heterocycles. The summed E-state index contributed by atoms with van der Waals surface area (Å²) in [5, 5.41) is 3.15. The highest BCUT2D eigenvalue weighted by Crippen LogP contribution is 2.21. The summed E-state index contributed by atoms with van der Waals surface area (Å²) < 4.78 is 26.4. The predicted molar refractivity (Wildman–Crippen MR) is 153 cm³/mol. The van der Waals surface area contributed by atoms with Gasteiger partial charge in [-0.25, -0.2) is 8.42 Å². The third kappa shape index (κ3) is 8.58. The molecule has 2 aromatic carbocycles. The molecule has 1 atom stereocenters. The molecule has 0 spiro atoms. The molecule has 0 unspecified atom stereocenters. The molecule has 208 valence electrons. The molecule has 3 rings (SSSR count). The summed E-state index contributed by atoms with van der Waals surface area (Å²) in [4.78, 5) is 28.3. The number of hydrogen-bond donors (Lipinski definition) is 1. The topological polar surface area (TPSA) is 86.8 Å². The van der Waals surface area contributed by atoms with Crippen LogP contribution >= 0.6 is 0 Å². The van der Waals surface area contributed by atoms with E-state index in [1.165, 1.54) is 17.0 Å². The Kier molecular flexibility index (Phi) is 10.8. The predicted octanol–water partition coefficient (Wildman–Crippen LogP) is 4.97. The monoisotopic (exact) mass is 541 g/mol. The smallest absolute Gasteiger partial charge is 0.242 e. The van der Waals surface area contributed by atoms with Crippen molar-refractivity contribution in [2.24, 2.45) is 0 Å². The van der Waals surface area contributed by atoms with Crippen molar-refractivity contribution in [3.63, 3.8) is 0 Å². The molecule has 8 heteroatoms. The molecule has 2 aromatic rings. The number of nitrogens with one attached hydrogen (secondary N) is 1. The number of aryl methyl sites for hydroxylation is 2. The number of hydrogen-bond acceptors (Lipinski definition) is 4. The van der Waals surface area contributed by atoms with Crippen molar-refractivity contribution in [3.05, 3.63) is 65.2 Å². The van der Waals surface area contributed by atoms with E-state index in [4.69, 9.17) is 0 Å². The summed E-state index contributed by atoms with van der Waals surface area (Å²) in [5.41, 5.74) is 3.80. The SMILES string of the molecule is CCc1ccc(N(CCCC(=O)N(Cc2ccc(C)cc2)[C@@H](C)C(=O)NC2CCCCC2)S(C)(=O)=O)cc1. The number of sulfonamides is 1. The van der Waals surface area contributed by atoms with Crippen molar-refractivity contribution < 1.29 is 18.0 Å². The van der Waals surface area contributed by atoms with Crippen molar-refractivity contribution in [1.82, 2.24) is 10.2 Å². The molecule has 0 saturated heterocycles. The van der Waals surface area contributed by atoms with Crippen LogP contribution in [0, 0.1) is 6.92 Å². The minimum atomic E-state index is -3.51. The molecule has 38 heavy (non-hydrogen) atoms. The minimum absolute atomic E-state index is 0.133. The minimum Gasteiger partial charge on any atom is -0.352 e. The second-order valence-electron chi connectivity index (χ2n) is 10.5. The van der Waals surface area contributed by atoms with Crippen LogP contribution in [0.25, 0.3) is 0 Å². The van der Waals surface area contributed by atoms with Crippen molar-refractivity contribution >= 4 is 27.5 Å². The van der Waals surface area contributed by atoms with E-state index in [9.17, 15) is 18.0 Å². The van der Waals surface area contributed by atoms with Crippen LogP contribution in [0.1, 0.15) is 75.5 Å². The summed E-state index contributed by atoms with van der Waals surface area (Å²) in [5.74, 6) is -0.294. The van der Waals surface area contributed by atoms with Crippen LogP contribution in [0.2, 0.25) is 0 Å². The molecule has 1 aliphatic carbocycles. The number of nitrogens with zero attached hydrogens (tertiary/aromatic N) is 2. The van der Waals surface area contributed by atoms with Crippen molar-refractivity contribution in [2.75, 3.05) is 17.1 Å². The first kappa shape index (κ1) is 29.7. The van der Waals surface area contributed by atoms with Crippen LogP contribution in [-0.2, 0) is 32.6 Å². The lowest BCUT2D eigenvalue weighted by Gasteiger charge is -2.31. The van der Waals surface area contributed by atoms with Gasteiger partial charge < -0.3 is 10.2 Å². The number of carbonyl (C=O) groups excluding carboxylic acids is 2. The molecule has 1 fully saturated rings. The molecule has 7 nitrogen and oxygen atoms in total. The lowest BCUT2D eigenvalue weighted by Crippen LogP contribution is -2.50. The van der Waals surface area contributed by atoms with Gasteiger partial charge in [-0.2, -0.15) is 0 Å². The summed E-state index contributed by atoms with van der Waals surface area (Å²) in [6.07, 6.45) is 7.94. The maximum Gasteiger partial charge on any atom is 0.242 e. The molecule has 2 amide bonds. The quantitative estimate of drug-likeness (QED) is 0.411. The van der Waals surface area contributed by atoms with E-state index in [2.05, 4.69) is 5.32 Å². The fourth-order valence-electron chi connectivity index (χ4n) is 4.94. The third-order valence-electron chi connectivity index (χ3n) is 7.38. The number of benzene rings is 2. The Morgan fingerprint density at radius 2 is 1.58 bits per heavy atom. The van der Waals surface area contributed by atoms with Crippen molar-refractivity contribution in [2.45, 2.75) is 90.8 Å². The van der Waals surface area contributed by atoms with Gasteiger partial charge in [0.2, 0.25) is 21.8 Å². The lowest BCUT2D eigenvalue weighted by molar-refractivity contribution is -0.141. The summed E-state index contributed by atoms with van der Waals surface area (Å²) in [6.45, 7) is 6.36. The first-order valence-corrected chi connectivity index (χ1v) is 15.7. The Hall–Kier alpha value is -2.87. The Morgan fingerprint density at radius 1 is 0.974 bits per heavy atom. The van der Waals surface area contributed by atoms with E-state index in [1.54, 1.807) is 11.8 Å². The molecular weight excluding hydrogens is 498 g/mol. The van der Waals surface area contributed by atoms with Gasteiger partial charge in [0.15, 0.2) is 0 Å². The zero-order chi connectivity index (χ0) is 27.7. The van der Waals surface area contributed by atoms with Gasteiger partial charge >= 0.3 is 0 Å². The molecule has 0 aliphatic heterocycles. The fraction of sp³-hybridized carbons (Fsp3) is 0.533. The van der Waals surface area contributed by atoms with Crippen LogP contribution in [-0.4, -0.2) is 50.0 Å². The van der Waals surface area contributed by atoms with Crippen LogP contribution in [0.15, 0.2) is 48.5 Å². The number of amides is 2. The average molecular weight is 542 g/mol. The van der Waals surface area contributed by atoms with Gasteiger partial charge in [0.05, 0.1) is 11.9 Å². The number of carbonyl (C=O) groups is 2. The van der Waals surface area contributed by atoms with Crippen molar-refractivity contribution in [1.29, 1.82) is 0 Å². The maximum absolute atomic E-state index is 13.5. The standard InChI is InChI=1S/C30H43N3O4S/c1-5-25-17-19-28(20-18-25)33(38(4,36)37)21-9-12-29(34)32(22-26-15-13-23(2)14-16-26)24(3)30(35)31-27-10-7-6-8-11-27/h13-20,24,27H,5-12,21-22H2,1-4H3,(H,31,35)/t24-/m0/s1. The van der Waals surface area contributed by atoms with E-state index < -0.39 is 16.1 Å². The van der Waals surface area contributed by atoms with Gasteiger partial charge in [0, 0.05) is 25.6 Å². The lowest BCUT2D eigenvalue weighted by atomic mass is 9.95. The van der Waals surface area contributed by atoms with Crippen LogP contribution in [0.3, 0.4) is 0 Å². The summed E-state index contributed by atoms with van der Waals surface area (Å²) >= 11 is 0. The van der Waals surface area contributed by atoms with Gasteiger partial charge in [-0.15, -0.1) is 0 Å². The van der Waals surface area contributed by atoms with Gasteiger partial charge in [0.1, 0.15) is 6.04 Å². The maximum atomic E-state index is 13.5. The second kappa shape index (κ2) is 13.8. The largest absolute Gasteiger partial charge is 0.352 e. The molecule has 0 bridgehead atoms. The molecule has 0 radical (unpaired) electrons. The van der Waals surface area contributed by atoms with Gasteiger partial charge in [-0.05, 0) is 62.8 Å². The highest BCUT2D eigenvalue weighted by molar-refractivity contribution is 7.92. The van der Waals surface area contributed by atoms with E-state index in [1.807, 2.05) is 62.4 Å². The zero-order valence-electron chi connectivity index (χ0n) is 23.3. The third-order valence-corrected chi connectivity index (χ3v) is 8.57. The highest BCUT2D eigenvalue weighted by atomic mass is 32.2. The summed E-state index contributed by atoms with van der Waals surface area (Å²) in [6, 6.07) is 15.0. The normalized spacial score (nSPS) is 15.1. The highest BCUT2D eigenvalue weighted by Gasteiger charge is 2.28. The molecule has 1 saturated carbocycles. The molecule has 1 N–H and O–H groups in total. The van der Waals surface area contributed by atoms with E-state index in [0.717, 1.165) is 48.8 Å². The Labute approximate surface area is 228 Å². The second-order valence-corrected chi connectivity index (χ2v) is 12.4. The van der Waals surface area contributed by atoms with Crippen LogP contribution < -0.4 is 9.62 Å². The Balaban J connectivity index is 1.70. The average Bonchev–Trinajstić information content (AvgIpc) is 2.90. The number of anilines is 1. The number of rotatable bonds is 12. The molecule has 0 heterocycles. The van der Waals surface area contributed by atoms with Gasteiger partial charge in [0.25, 0.3) is 0 Å². The van der Waals surface area contributed by atoms with E-state index in [0.29, 0.717) is 18.7 Å². The van der Waals surface area contributed by atoms with Crippen LogP contribution in [0.4, 0.5) is 5.69 Å². The zero-order valence-corrected chi connectivity index (χ0v) is 24.1. The Morgan fingerprint density at radius 3 is 2.16 bits per heavy atom. The molecular formula is C30H43N3O4S. The van der Waals surface area contributed by atoms with E-state index in [-0.39, 0.29) is 30.8 Å². The van der Waals surface area contributed by atoms with Crippen molar-refractivity contribution in [3.8, 4) is 0 Å². The first-order chi connectivity index (χ1) is 18.1. The van der Waals surface area contributed by atoms with Gasteiger partial charge in [-0.1, -0.05) is 68.1 Å². The first-order valence-electron chi connectivity index (χ1n) is 13.8. The fourth-order valence-corrected chi connectivity index (χ4v) is 5.91. The molecule has 1 aliphatic rings. The van der Waals surface area contributed by atoms with E-state index >= 15 is 0 Å². The summed E-state index contributed by atoms with van der Waals surface area (Å²) in [7, 11) is -3.51. The Bertz CT molecular complexity index is 1160. The van der Waals surface area contributed by atoms with Gasteiger partial charge in [-0.3, -0.25) is 13.9 Å².